The lowest BCUT2D eigenvalue weighted by Gasteiger charge is -2.10. The number of carbonyl (C=O) groups is 1. The monoisotopic (exact) mass is 292 g/mol. The number of benzene rings is 1. The predicted molar refractivity (Wildman–Crippen MR) is 84.6 cm³/mol. The highest BCUT2D eigenvalue weighted by atomic mass is 16.5. The molecule has 0 spiro atoms. The second-order valence-electron chi connectivity index (χ2n) is 5.27. The molecule has 2 aromatic heterocycles. The van der Waals surface area contributed by atoms with Crippen LogP contribution in [0, 0.1) is 13.8 Å². The summed E-state index contributed by atoms with van der Waals surface area (Å²) in [5.74, 6) is 0.605. The summed E-state index contributed by atoms with van der Waals surface area (Å²) in [6.45, 7) is 5.25. The minimum absolute atomic E-state index is 0.0119. The Kier molecular flexibility index (Phi) is 3.59. The minimum atomic E-state index is -0.0119. The molecular formula is C18H16N2O2. The van der Waals surface area contributed by atoms with Crippen molar-refractivity contribution >= 4 is 5.78 Å². The summed E-state index contributed by atoms with van der Waals surface area (Å²) >= 11 is 0. The third-order valence-corrected chi connectivity index (χ3v) is 3.53. The number of pyridine rings is 1. The molecule has 0 radical (unpaired) electrons. The van der Waals surface area contributed by atoms with Crippen molar-refractivity contribution in [2.24, 2.45) is 0 Å². The van der Waals surface area contributed by atoms with E-state index in [1.54, 1.807) is 6.92 Å². The number of aromatic nitrogens is 2. The predicted octanol–water partition coefficient (Wildman–Crippen LogP) is 4.22. The van der Waals surface area contributed by atoms with Crippen molar-refractivity contribution in [2.75, 3.05) is 0 Å². The van der Waals surface area contributed by atoms with Gasteiger partial charge in [0.15, 0.2) is 11.5 Å². The van der Waals surface area contributed by atoms with Crippen LogP contribution in [0.2, 0.25) is 0 Å². The van der Waals surface area contributed by atoms with Gasteiger partial charge in [-0.2, -0.15) is 0 Å². The number of nitrogens with zero attached hydrogens (tertiary/aromatic N) is 2. The number of aryl methyl sites for hydroxylation is 2. The van der Waals surface area contributed by atoms with Crippen LogP contribution in [0.4, 0.5) is 0 Å². The molecule has 0 fully saturated rings. The van der Waals surface area contributed by atoms with Gasteiger partial charge in [0, 0.05) is 28.5 Å². The average molecular weight is 292 g/mol. The number of carbonyl (C=O) groups excluding carboxylic acids is 1. The summed E-state index contributed by atoms with van der Waals surface area (Å²) in [4.78, 5) is 16.5. The first-order valence-corrected chi connectivity index (χ1v) is 7.08. The van der Waals surface area contributed by atoms with Gasteiger partial charge >= 0.3 is 0 Å². The van der Waals surface area contributed by atoms with Gasteiger partial charge in [0.25, 0.3) is 0 Å². The van der Waals surface area contributed by atoms with E-state index in [-0.39, 0.29) is 5.78 Å². The molecule has 0 atom stereocenters. The molecule has 4 heteroatoms. The summed E-state index contributed by atoms with van der Waals surface area (Å²) in [5.41, 5.74) is 4.65. The summed E-state index contributed by atoms with van der Waals surface area (Å²) in [6.07, 6.45) is 0. The topological polar surface area (TPSA) is 56.0 Å². The van der Waals surface area contributed by atoms with Crippen LogP contribution < -0.4 is 0 Å². The van der Waals surface area contributed by atoms with Gasteiger partial charge in [-0.05, 0) is 26.8 Å². The molecule has 0 N–H and O–H groups in total. The fourth-order valence-corrected chi connectivity index (χ4v) is 2.46. The van der Waals surface area contributed by atoms with Crippen molar-refractivity contribution in [3.63, 3.8) is 0 Å². The Morgan fingerprint density at radius 2 is 1.82 bits per heavy atom. The molecule has 1 aromatic carbocycles. The van der Waals surface area contributed by atoms with Gasteiger partial charge in [-0.1, -0.05) is 35.5 Å². The highest BCUT2D eigenvalue weighted by Crippen LogP contribution is 2.32. The van der Waals surface area contributed by atoms with Gasteiger partial charge in [0.2, 0.25) is 0 Å². The van der Waals surface area contributed by atoms with Crippen molar-refractivity contribution in [1.82, 2.24) is 10.1 Å². The Balaban J connectivity index is 2.28. The quantitative estimate of drug-likeness (QED) is 0.678. The molecule has 0 unspecified atom stereocenters. The van der Waals surface area contributed by atoms with Gasteiger partial charge in [-0.25, -0.2) is 0 Å². The SMILES string of the molecule is CC(=O)c1cc(-c2cc(C)no2)c(-c2ccccc2)nc1C. The van der Waals surface area contributed by atoms with E-state index >= 15 is 0 Å². The zero-order valence-corrected chi connectivity index (χ0v) is 12.8. The Labute approximate surface area is 128 Å². The molecule has 0 bridgehead atoms. The first-order chi connectivity index (χ1) is 10.6. The van der Waals surface area contributed by atoms with Gasteiger partial charge < -0.3 is 4.52 Å². The zero-order chi connectivity index (χ0) is 15.7. The van der Waals surface area contributed by atoms with Crippen LogP contribution in [0.5, 0.6) is 0 Å². The molecule has 0 aliphatic heterocycles. The summed E-state index contributed by atoms with van der Waals surface area (Å²) < 4.78 is 5.39. The Hall–Kier alpha value is -2.75. The molecule has 3 aromatic rings. The lowest BCUT2D eigenvalue weighted by atomic mass is 9.99. The molecule has 3 rings (SSSR count). The summed E-state index contributed by atoms with van der Waals surface area (Å²) in [5, 5.41) is 3.94. The lowest BCUT2D eigenvalue weighted by Crippen LogP contribution is -2.02. The highest BCUT2D eigenvalue weighted by molar-refractivity contribution is 5.97. The first-order valence-electron chi connectivity index (χ1n) is 7.08. The van der Waals surface area contributed by atoms with Crippen molar-refractivity contribution in [3.05, 3.63) is 59.4 Å². The molecular weight excluding hydrogens is 276 g/mol. The van der Waals surface area contributed by atoms with Crippen LogP contribution >= 0.6 is 0 Å². The van der Waals surface area contributed by atoms with E-state index in [0.29, 0.717) is 17.0 Å². The molecule has 0 aliphatic carbocycles. The minimum Gasteiger partial charge on any atom is -0.356 e. The molecule has 110 valence electrons. The number of Topliss-reactive ketones (excluding diaryl/α,β-unsaturated/α-hetero) is 1. The molecule has 0 saturated carbocycles. The second kappa shape index (κ2) is 5.56. The number of hydrogen-bond acceptors (Lipinski definition) is 4. The van der Waals surface area contributed by atoms with Crippen LogP contribution in [-0.4, -0.2) is 15.9 Å². The maximum Gasteiger partial charge on any atom is 0.169 e. The van der Waals surface area contributed by atoms with Gasteiger partial charge in [0.05, 0.1) is 11.4 Å². The summed E-state index contributed by atoms with van der Waals surface area (Å²) in [7, 11) is 0. The van der Waals surface area contributed by atoms with E-state index in [9.17, 15) is 4.79 Å². The third-order valence-electron chi connectivity index (χ3n) is 3.53. The maximum atomic E-state index is 11.8. The second-order valence-corrected chi connectivity index (χ2v) is 5.27. The normalized spacial score (nSPS) is 10.7. The standard InChI is InChI=1S/C18H16N2O2/c1-11-9-17(22-20-11)16-10-15(13(3)21)12(2)19-18(16)14-7-5-4-6-8-14/h4-10H,1-3H3. The van der Waals surface area contributed by atoms with E-state index in [0.717, 1.165) is 22.5 Å². The lowest BCUT2D eigenvalue weighted by molar-refractivity contribution is 0.101. The number of ketones is 1. The molecule has 2 heterocycles. The molecule has 0 aliphatic rings. The third kappa shape index (κ3) is 2.55. The Bertz CT molecular complexity index is 836. The Morgan fingerprint density at radius 3 is 2.41 bits per heavy atom. The van der Waals surface area contributed by atoms with Crippen molar-refractivity contribution in [2.45, 2.75) is 20.8 Å². The highest BCUT2D eigenvalue weighted by Gasteiger charge is 2.17. The molecule has 4 nitrogen and oxygen atoms in total. The smallest absolute Gasteiger partial charge is 0.169 e. The molecule has 22 heavy (non-hydrogen) atoms. The van der Waals surface area contributed by atoms with Crippen molar-refractivity contribution in [1.29, 1.82) is 0 Å². The van der Waals surface area contributed by atoms with E-state index in [1.807, 2.05) is 56.3 Å². The number of rotatable bonds is 3. The van der Waals surface area contributed by atoms with Crippen LogP contribution in [-0.2, 0) is 0 Å². The van der Waals surface area contributed by atoms with Crippen LogP contribution in [0.25, 0.3) is 22.6 Å². The average Bonchev–Trinajstić information content (AvgIpc) is 2.94. The largest absolute Gasteiger partial charge is 0.356 e. The fraction of sp³-hybridized carbons (Fsp3) is 0.167. The molecule has 0 saturated heterocycles. The van der Waals surface area contributed by atoms with Crippen LogP contribution in [0.15, 0.2) is 47.0 Å². The Morgan fingerprint density at radius 1 is 1.09 bits per heavy atom. The van der Waals surface area contributed by atoms with Gasteiger partial charge in [-0.3, -0.25) is 9.78 Å². The summed E-state index contributed by atoms with van der Waals surface area (Å²) in [6, 6.07) is 13.5. The van der Waals surface area contributed by atoms with Crippen LogP contribution in [0.3, 0.4) is 0 Å². The number of hydrogen-bond donors (Lipinski definition) is 0. The van der Waals surface area contributed by atoms with E-state index in [4.69, 9.17) is 4.52 Å². The fourth-order valence-electron chi connectivity index (χ4n) is 2.46. The van der Waals surface area contributed by atoms with E-state index < -0.39 is 0 Å². The first kappa shape index (κ1) is 14.2. The van der Waals surface area contributed by atoms with E-state index in [1.165, 1.54) is 0 Å². The van der Waals surface area contributed by atoms with Gasteiger partial charge in [0.1, 0.15) is 0 Å². The maximum absolute atomic E-state index is 11.8. The van der Waals surface area contributed by atoms with E-state index in [2.05, 4.69) is 10.1 Å². The van der Waals surface area contributed by atoms with Crippen molar-refractivity contribution < 1.29 is 9.32 Å². The zero-order valence-electron chi connectivity index (χ0n) is 12.8. The van der Waals surface area contributed by atoms with Gasteiger partial charge in [-0.15, -0.1) is 0 Å². The van der Waals surface area contributed by atoms with Crippen molar-refractivity contribution in [3.8, 4) is 22.6 Å². The molecule has 0 amide bonds. The van der Waals surface area contributed by atoms with Crippen LogP contribution in [0.1, 0.15) is 28.7 Å².